The van der Waals surface area contributed by atoms with Crippen molar-refractivity contribution in [3.05, 3.63) is 35.9 Å². The molecule has 1 heterocycles. The van der Waals surface area contributed by atoms with Crippen molar-refractivity contribution < 1.29 is 19.1 Å². The molecule has 1 saturated heterocycles. The SMILES string of the molecule is CCOC(=O)C1CCN(C(=O)CCN(Cc2ccccc2)C(=O)C2CCCCC2)CC1. The first kappa shape index (κ1) is 23.3. The van der Waals surface area contributed by atoms with Gasteiger partial charge in [0.15, 0.2) is 0 Å². The molecule has 1 aliphatic carbocycles. The zero-order valence-corrected chi connectivity index (χ0v) is 18.8. The number of piperidine rings is 1. The zero-order chi connectivity index (χ0) is 22.1. The molecular weight excluding hydrogens is 392 g/mol. The van der Waals surface area contributed by atoms with Crippen molar-refractivity contribution in [2.24, 2.45) is 11.8 Å². The van der Waals surface area contributed by atoms with Gasteiger partial charge < -0.3 is 14.5 Å². The predicted octanol–water partition coefficient (Wildman–Crippen LogP) is 3.79. The summed E-state index contributed by atoms with van der Waals surface area (Å²) < 4.78 is 5.11. The number of amides is 2. The van der Waals surface area contributed by atoms with E-state index in [9.17, 15) is 14.4 Å². The summed E-state index contributed by atoms with van der Waals surface area (Å²) in [4.78, 5) is 41.7. The number of carbonyl (C=O) groups is 3. The molecule has 1 aromatic rings. The van der Waals surface area contributed by atoms with Crippen LogP contribution in [-0.2, 0) is 25.7 Å². The minimum atomic E-state index is -0.151. The number of benzene rings is 1. The largest absolute Gasteiger partial charge is 0.466 e. The Hall–Kier alpha value is -2.37. The van der Waals surface area contributed by atoms with Crippen molar-refractivity contribution >= 4 is 17.8 Å². The van der Waals surface area contributed by atoms with Crippen LogP contribution < -0.4 is 0 Å². The van der Waals surface area contributed by atoms with Gasteiger partial charge in [0.25, 0.3) is 0 Å². The maximum atomic E-state index is 13.2. The Morgan fingerprint density at radius 2 is 1.65 bits per heavy atom. The van der Waals surface area contributed by atoms with Gasteiger partial charge in [-0.25, -0.2) is 0 Å². The third kappa shape index (κ3) is 6.81. The Morgan fingerprint density at radius 3 is 2.29 bits per heavy atom. The van der Waals surface area contributed by atoms with E-state index >= 15 is 0 Å². The third-order valence-electron chi connectivity index (χ3n) is 6.55. The van der Waals surface area contributed by atoms with E-state index in [-0.39, 0.29) is 29.6 Å². The average Bonchev–Trinajstić information content (AvgIpc) is 2.82. The molecule has 1 saturated carbocycles. The van der Waals surface area contributed by atoms with Crippen LogP contribution in [0.25, 0.3) is 0 Å². The molecule has 1 aliphatic heterocycles. The van der Waals surface area contributed by atoms with E-state index in [4.69, 9.17) is 4.74 Å². The molecule has 6 heteroatoms. The van der Waals surface area contributed by atoms with Gasteiger partial charge in [-0.2, -0.15) is 0 Å². The summed E-state index contributed by atoms with van der Waals surface area (Å²) in [5.74, 6) is 0.0928. The van der Waals surface area contributed by atoms with Crippen molar-refractivity contribution in [1.82, 2.24) is 9.80 Å². The number of hydrogen-bond donors (Lipinski definition) is 0. The van der Waals surface area contributed by atoms with Crippen molar-refractivity contribution in [2.75, 3.05) is 26.2 Å². The minimum absolute atomic E-state index is 0.0665. The van der Waals surface area contributed by atoms with Gasteiger partial charge in [-0.15, -0.1) is 0 Å². The molecule has 0 N–H and O–H groups in total. The molecule has 2 amide bonds. The van der Waals surface area contributed by atoms with Crippen molar-refractivity contribution in [1.29, 1.82) is 0 Å². The molecule has 2 fully saturated rings. The van der Waals surface area contributed by atoms with E-state index in [1.807, 2.05) is 47.1 Å². The number of carbonyl (C=O) groups excluding carboxylic acids is 3. The van der Waals surface area contributed by atoms with Gasteiger partial charge in [0.05, 0.1) is 12.5 Å². The van der Waals surface area contributed by atoms with Gasteiger partial charge in [0, 0.05) is 38.5 Å². The lowest BCUT2D eigenvalue weighted by Crippen LogP contribution is -2.43. The van der Waals surface area contributed by atoms with Gasteiger partial charge in [-0.3, -0.25) is 14.4 Å². The highest BCUT2D eigenvalue weighted by Crippen LogP contribution is 2.26. The van der Waals surface area contributed by atoms with Gasteiger partial charge in [0.1, 0.15) is 0 Å². The van der Waals surface area contributed by atoms with Gasteiger partial charge in [-0.1, -0.05) is 49.6 Å². The van der Waals surface area contributed by atoms with Crippen molar-refractivity contribution in [3.63, 3.8) is 0 Å². The first-order valence-corrected chi connectivity index (χ1v) is 11.9. The van der Waals surface area contributed by atoms with Gasteiger partial charge >= 0.3 is 5.97 Å². The highest BCUT2D eigenvalue weighted by Gasteiger charge is 2.30. The molecular formula is C25H36N2O4. The first-order valence-electron chi connectivity index (χ1n) is 11.9. The number of esters is 1. The number of nitrogens with zero attached hydrogens (tertiary/aromatic N) is 2. The fourth-order valence-corrected chi connectivity index (χ4v) is 4.69. The molecule has 2 aliphatic rings. The number of hydrogen-bond acceptors (Lipinski definition) is 4. The maximum Gasteiger partial charge on any atom is 0.309 e. The average molecular weight is 429 g/mol. The lowest BCUT2D eigenvalue weighted by Gasteiger charge is -2.33. The molecule has 31 heavy (non-hydrogen) atoms. The van der Waals surface area contributed by atoms with Crippen LogP contribution in [0.5, 0.6) is 0 Å². The second-order valence-corrected chi connectivity index (χ2v) is 8.74. The molecule has 6 nitrogen and oxygen atoms in total. The molecule has 3 rings (SSSR count). The smallest absolute Gasteiger partial charge is 0.309 e. The summed E-state index contributed by atoms with van der Waals surface area (Å²) in [5, 5.41) is 0. The summed E-state index contributed by atoms with van der Waals surface area (Å²) in [7, 11) is 0. The van der Waals surface area contributed by atoms with Crippen LogP contribution in [0.15, 0.2) is 30.3 Å². The molecule has 1 aromatic carbocycles. The number of ether oxygens (including phenoxy) is 1. The third-order valence-corrected chi connectivity index (χ3v) is 6.55. The zero-order valence-electron chi connectivity index (χ0n) is 18.8. The first-order chi connectivity index (χ1) is 15.1. The van der Waals surface area contributed by atoms with E-state index in [2.05, 4.69) is 0 Å². The van der Waals surface area contributed by atoms with Crippen LogP contribution in [0.2, 0.25) is 0 Å². The lowest BCUT2D eigenvalue weighted by atomic mass is 9.88. The van der Waals surface area contributed by atoms with Gasteiger partial charge in [-0.05, 0) is 38.2 Å². The summed E-state index contributed by atoms with van der Waals surface area (Å²) in [5.41, 5.74) is 1.09. The highest BCUT2D eigenvalue weighted by molar-refractivity contribution is 5.81. The minimum Gasteiger partial charge on any atom is -0.466 e. The molecule has 0 aromatic heterocycles. The fraction of sp³-hybridized carbons (Fsp3) is 0.640. The maximum absolute atomic E-state index is 13.2. The molecule has 0 bridgehead atoms. The van der Waals surface area contributed by atoms with E-state index in [0.717, 1.165) is 31.2 Å². The van der Waals surface area contributed by atoms with Crippen LogP contribution in [0.3, 0.4) is 0 Å². The summed E-state index contributed by atoms with van der Waals surface area (Å²) >= 11 is 0. The molecule has 0 radical (unpaired) electrons. The van der Waals surface area contributed by atoms with E-state index in [1.165, 1.54) is 6.42 Å². The van der Waals surface area contributed by atoms with Crippen LogP contribution >= 0.6 is 0 Å². The Balaban J connectivity index is 1.54. The Bertz CT molecular complexity index is 722. The Morgan fingerprint density at radius 1 is 0.968 bits per heavy atom. The van der Waals surface area contributed by atoms with Crippen LogP contribution in [0.1, 0.15) is 63.9 Å². The van der Waals surface area contributed by atoms with Gasteiger partial charge in [0.2, 0.25) is 11.8 Å². The molecule has 0 spiro atoms. The van der Waals surface area contributed by atoms with Crippen LogP contribution in [0.4, 0.5) is 0 Å². The topological polar surface area (TPSA) is 66.9 Å². The van der Waals surface area contributed by atoms with Crippen LogP contribution in [-0.4, -0.2) is 53.8 Å². The van der Waals surface area contributed by atoms with Crippen molar-refractivity contribution in [3.8, 4) is 0 Å². The Kier molecular flexibility index (Phi) is 8.92. The normalized spacial score (nSPS) is 17.9. The Labute approximate surface area is 185 Å². The second kappa shape index (κ2) is 11.9. The molecule has 0 unspecified atom stereocenters. The highest BCUT2D eigenvalue weighted by atomic mass is 16.5. The van der Waals surface area contributed by atoms with Crippen LogP contribution in [0, 0.1) is 11.8 Å². The predicted molar refractivity (Wildman–Crippen MR) is 119 cm³/mol. The monoisotopic (exact) mass is 428 g/mol. The summed E-state index contributed by atoms with van der Waals surface area (Å²) in [6.45, 7) is 4.36. The fourth-order valence-electron chi connectivity index (χ4n) is 4.69. The lowest BCUT2D eigenvalue weighted by molar-refractivity contribution is -0.151. The second-order valence-electron chi connectivity index (χ2n) is 8.74. The molecule has 170 valence electrons. The van der Waals surface area contributed by atoms with Crippen molar-refractivity contribution in [2.45, 2.75) is 64.8 Å². The van der Waals surface area contributed by atoms with E-state index in [1.54, 1.807) is 0 Å². The summed E-state index contributed by atoms with van der Waals surface area (Å²) in [6.07, 6.45) is 6.99. The summed E-state index contributed by atoms with van der Waals surface area (Å²) in [6, 6.07) is 10.0. The molecule has 0 atom stereocenters. The van der Waals surface area contributed by atoms with E-state index < -0.39 is 0 Å². The quantitative estimate of drug-likeness (QED) is 0.591. The number of likely N-dealkylation sites (tertiary alicyclic amines) is 1. The van der Waals surface area contributed by atoms with E-state index in [0.29, 0.717) is 52.0 Å². The standard InChI is InChI=1S/C25H36N2O4/c1-2-31-25(30)22-13-16-26(17-14-22)23(28)15-18-27(19-20-9-5-3-6-10-20)24(29)21-11-7-4-8-12-21/h3,5-6,9-10,21-22H,2,4,7-8,11-19H2,1H3. The number of rotatable bonds is 8.